The van der Waals surface area contributed by atoms with Crippen molar-refractivity contribution in [2.24, 2.45) is 0 Å². The number of carbonyl (C=O) groups is 1. The molecule has 0 bridgehead atoms. The van der Waals surface area contributed by atoms with Gasteiger partial charge < -0.3 is 45.4 Å². The zero-order valence-electron chi connectivity index (χ0n) is 33.6. The van der Waals surface area contributed by atoms with Gasteiger partial charge in [0.25, 0.3) is 5.91 Å². The van der Waals surface area contributed by atoms with Gasteiger partial charge in [0.1, 0.15) is 24.4 Å². The van der Waals surface area contributed by atoms with Crippen molar-refractivity contribution in [1.29, 1.82) is 0 Å². The van der Waals surface area contributed by atoms with Gasteiger partial charge in [0.15, 0.2) is 12.4 Å². The molecule has 1 fully saturated rings. The molecule has 1 unspecified atom stereocenters. The molecule has 1 saturated heterocycles. The molecule has 0 aromatic heterocycles. The minimum absolute atomic E-state index is 0.341. The first-order valence-electron chi connectivity index (χ1n) is 21.2. The summed E-state index contributed by atoms with van der Waals surface area (Å²) in [6.45, 7) is 5.67. The molecule has 0 aliphatic carbocycles. The second kappa shape index (κ2) is 32.6. The number of hydrogen-bond donors (Lipinski definition) is 7. The highest BCUT2D eigenvalue weighted by Crippen LogP contribution is 2.22. The minimum atomic E-state index is -1.62. The molecule has 7 N–H and O–H groups in total. The second-order valence-corrected chi connectivity index (χ2v) is 15.1. The fraction of sp³-hybridized carbons (Fsp3) is 0.837. The van der Waals surface area contributed by atoms with Gasteiger partial charge >= 0.3 is 0 Å². The van der Waals surface area contributed by atoms with Crippen LogP contribution in [0, 0.1) is 0 Å². The lowest BCUT2D eigenvalue weighted by molar-refractivity contribution is -0.302. The third-order valence-corrected chi connectivity index (χ3v) is 10.2. The maximum absolute atomic E-state index is 13.0. The topological polar surface area (TPSA) is 169 Å². The third-order valence-electron chi connectivity index (χ3n) is 10.2. The molecule has 10 heteroatoms. The monoisotopic (exact) mass is 754 g/mol. The lowest BCUT2D eigenvalue weighted by Gasteiger charge is -2.40. The summed E-state index contributed by atoms with van der Waals surface area (Å²) in [5, 5.41) is 64.4. The fourth-order valence-corrected chi connectivity index (χ4v) is 6.57. The van der Waals surface area contributed by atoms with Crippen LogP contribution in [0.5, 0.6) is 0 Å². The van der Waals surface area contributed by atoms with Crippen LogP contribution >= 0.6 is 0 Å². The number of amides is 1. The molecular weight excluding hydrogens is 674 g/mol. The molecule has 1 heterocycles. The highest BCUT2D eigenvalue weighted by Gasteiger charge is 2.44. The molecule has 0 aromatic carbocycles. The van der Waals surface area contributed by atoms with E-state index in [1.165, 1.54) is 121 Å². The summed E-state index contributed by atoms with van der Waals surface area (Å²) in [6, 6.07) is -1.03. The van der Waals surface area contributed by atoms with Crippen molar-refractivity contribution >= 4 is 5.91 Å². The highest BCUT2D eigenvalue weighted by molar-refractivity contribution is 5.82. The Morgan fingerprint density at radius 3 is 1.79 bits per heavy atom. The summed E-state index contributed by atoms with van der Waals surface area (Å²) < 4.78 is 11.1. The Labute approximate surface area is 322 Å². The van der Waals surface area contributed by atoms with Crippen LogP contribution in [0.4, 0.5) is 0 Å². The van der Waals surface area contributed by atoms with Crippen molar-refractivity contribution in [1.82, 2.24) is 5.32 Å². The van der Waals surface area contributed by atoms with Crippen LogP contribution in [-0.2, 0) is 14.3 Å². The number of hydrogen-bond acceptors (Lipinski definition) is 9. The van der Waals surface area contributed by atoms with Crippen molar-refractivity contribution in [2.45, 2.75) is 217 Å². The smallest absolute Gasteiger partial charge is 0.253 e. The molecule has 8 atom stereocenters. The van der Waals surface area contributed by atoms with Crippen LogP contribution in [0.1, 0.15) is 168 Å². The first-order chi connectivity index (χ1) is 25.7. The summed E-state index contributed by atoms with van der Waals surface area (Å²) in [7, 11) is 0. The van der Waals surface area contributed by atoms with E-state index in [0.29, 0.717) is 6.42 Å². The molecule has 1 amide bonds. The van der Waals surface area contributed by atoms with Gasteiger partial charge in [-0.2, -0.15) is 0 Å². The maximum Gasteiger partial charge on any atom is 0.253 e. The van der Waals surface area contributed by atoms with Gasteiger partial charge in [-0.25, -0.2) is 0 Å². The van der Waals surface area contributed by atoms with E-state index in [2.05, 4.69) is 32.2 Å². The molecule has 10 nitrogen and oxygen atoms in total. The van der Waals surface area contributed by atoms with Gasteiger partial charge in [-0.15, -0.1) is 0 Å². The van der Waals surface area contributed by atoms with Gasteiger partial charge in [-0.05, 0) is 45.4 Å². The lowest BCUT2D eigenvalue weighted by atomic mass is 9.99. The average molecular weight is 754 g/mol. The number of allylic oxidation sites excluding steroid dienone is 4. The average Bonchev–Trinajstić information content (AvgIpc) is 3.15. The van der Waals surface area contributed by atoms with E-state index in [-0.39, 0.29) is 6.61 Å². The van der Waals surface area contributed by atoms with Gasteiger partial charge in [0, 0.05) is 0 Å². The number of unbranched alkanes of at least 4 members (excludes halogenated alkanes) is 19. The van der Waals surface area contributed by atoms with E-state index < -0.39 is 61.5 Å². The zero-order chi connectivity index (χ0) is 39.1. The Hall–Kier alpha value is -1.63. The highest BCUT2D eigenvalue weighted by atomic mass is 16.7. The van der Waals surface area contributed by atoms with Crippen molar-refractivity contribution in [3.63, 3.8) is 0 Å². The molecule has 0 saturated carbocycles. The molecule has 1 aliphatic heterocycles. The summed E-state index contributed by atoms with van der Waals surface area (Å²) in [5.41, 5.74) is 1.35. The van der Waals surface area contributed by atoms with Gasteiger partial charge in [-0.1, -0.05) is 159 Å². The predicted molar refractivity (Wildman–Crippen MR) is 213 cm³/mol. The molecule has 1 rings (SSSR count). The van der Waals surface area contributed by atoms with Crippen LogP contribution < -0.4 is 5.32 Å². The third kappa shape index (κ3) is 23.8. The van der Waals surface area contributed by atoms with Gasteiger partial charge in [0.2, 0.25) is 0 Å². The number of aliphatic hydroxyl groups is 6. The Morgan fingerprint density at radius 1 is 0.698 bits per heavy atom. The quantitative estimate of drug-likeness (QED) is 0.0274. The molecule has 1 aliphatic rings. The van der Waals surface area contributed by atoms with Crippen LogP contribution in [0.2, 0.25) is 0 Å². The van der Waals surface area contributed by atoms with E-state index in [4.69, 9.17) is 9.47 Å². The van der Waals surface area contributed by atoms with Crippen molar-refractivity contribution < 1.29 is 44.9 Å². The normalized spacial score (nSPS) is 22.8. The number of ether oxygens (including phenoxy) is 2. The second-order valence-electron chi connectivity index (χ2n) is 15.1. The molecule has 310 valence electrons. The summed E-state index contributed by atoms with van der Waals surface area (Å²) in [6.07, 6.45) is 26.3. The van der Waals surface area contributed by atoms with E-state index >= 15 is 0 Å². The largest absolute Gasteiger partial charge is 0.394 e. The van der Waals surface area contributed by atoms with Crippen LogP contribution in [-0.4, -0.2) is 98.7 Å². The van der Waals surface area contributed by atoms with E-state index in [1.54, 1.807) is 12.2 Å². The fourth-order valence-electron chi connectivity index (χ4n) is 6.57. The van der Waals surface area contributed by atoms with Gasteiger partial charge in [0.05, 0.1) is 25.4 Å². The van der Waals surface area contributed by atoms with Crippen LogP contribution in [0.3, 0.4) is 0 Å². The Kier molecular flexibility index (Phi) is 30.4. The number of aliphatic hydroxyl groups excluding tert-OH is 6. The Morgan fingerprint density at radius 2 is 1.23 bits per heavy atom. The number of carbonyl (C=O) groups excluding carboxylic acids is 1. The standard InChI is InChI=1S/C43H79NO9/c1-4-6-8-10-12-13-14-15-16-17-18-20-22-26-31-37(47)42(51)44-35(33-52-43-41(50)40(49)39(48)38(32-45)53-43)36(46)30-27-23-25-29-34(3)28-24-21-19-11-9-7-5-2/h26-27,29-31,35-41,43,45-50H,4-25,28,32-33H2,1-3H3,(H,44,51)/b30-27+,31-26+,34-29+/t35-,36+,37?,38+,39+,40-,41+,43+/m0/s1. The summed E-state index contributed by atoms with van der Waals surface area (Å²) in [5.74, 6) is -0.713. The molecule has 0 aromatic rings. The molecule has 53 heavy (non-hydrogen) atoms. The van der Waals surface area contributed by atoms with Crippen molar-refractivity contribution in [3.8, 4) is 0 Å². The van der Waals surface area contributed by atoms with E-state index in [1.807, 2.05) is 6.08 Å². The van der Waals surface area contributed by atoms with Crippen molar-refractivity contribution in [3.05, 3.63) is 36.0 Å². The minimum Gasteiger partial charge on any atom is -0.394 e. The number of nitrogens with one attached hydrogen (secondary N) is 1. The van der Waals surface area contributed by atoms with Crippen LogP contribution in [0.15, 0.2) is 36.0 Å². The summed E-state index contributed by atoms with van der Waals surface area (Å²) in [4.78, 5) is 13.0. The Balaban J connectivity index is 2.59. The predicted octanol–water partition coefficient (Wildman–Crippen LogP) is 7.08. The number of rotatable bonds is 33. The zero-order valence-corrected chi connectivity index (χ0v) is 33.6. The lowest BCUT2D eigenvalue weighted by Crippen LogP contribution is -2.60. The van der Waals surface area contributed by atoms with Gasteiger partial charge in [-0.3, -0.25) is 4.79 Å². The van der Waals surface area contributed by atoms with E-state index in [9.17, 15) is 35.4 Å². The maximum atomic E-state index is 13.0. The summed E-state index contributed by atoms with van der Waals surface area (Å²) >= 11 is 0. The van der Waals surface area contributed by atoms with E-state index in [0.717, 1.165) is 32.1 Å². The van der Waals surface area contributed by atoms with Crippen molar-refractivity contribution in [2.75, 3.05) is 13.2 Å². The van der Waals surface area contributed by atoms with Crippen LogP contribution in [0.25, 0.3) is 0 Å². The molecule has 0 spiro atoms. The first-order valence-corrected chi connectivity index (χ1v) is 21.2. The molecular formula is C43H79NO9. The SMILES string of the molecule is CCCCCCCCCCCCCC/C=C/C(O)C(=O)N[C@@H](CO[C@@H]1O[C@H](CO)[C@@H](O)[C@H](O)[C@H]1O)[C@H](O)/C=C/CC/C=C(\C)CCCCCCCCC. The Bertz CT molecular complexity index is 971. The first kappa shape index (κ1) is 49.4. The molecule has 0 radical (unpaired) electrons.